The molecule has 0 aliphatic carbocycles. The lowest BCUT2D eigenvalue weighted by Crippen LogP contribution is -2.24. The lowest BCUT2D eigenvalue weighted by Gasteiger charge is -2.07. The van der Waals surface area contributed by atoms with Crippen LogP contribution in [0.15, 0.2) is 47.2 Å². The average Bonchev–Trinajstić information content (AvgIpc) is 2.96. The third-order valence-corrected chi connectivity index (χ3v) is 3.47. The molecule has 2 aromatic heterocycles. The molecule has 24 heavy (non-hydrogen) atoms. The van der Waals surface area contributed by atoms with Crippen molar-refractivity contribution in [2.45, 2.75) is 13.5 Å². The summed E-state index contributed by atoms with van der Waals surface area (Å²) in [5.41, 5.74) is 1.45. The number of aryl methyl sites for hydroxylation is 1. The molecule has 0 spiro atoms. The van der Waals surface area contributed by atoms with Crippen LogP contribution in [0.5, 0.6) is 0 Å². The lowest BCUT2D eigenvalue weighted by molar-refractivity contribution is 0.0950. The van der Waals surface area contributed by atoms with Crippen molar-refractivity contribution in [1.82, 2.24) is 15.5 Å². The van der Waals surface area contributed by atoms with Gasteiger partial charge in [0, 0.05) is 36.1 Å². The zero-order chi connectivity index (χ0) is 17.1. The molecule has 0 atom stereocenters. The summed E-state index contributed by atoms with van der Waals surface area (Å²) < 4.78 is 31.8. The number of carbonyl (C=O) groups excluding carboxylic acids is 1. The van der Waals surface area contributed by atoms with Gasteiger partial charge < -0.3 is 9.84 Å². The third kappa shape index (κ3) is 3.15. The molecule has 2 heterocycles. The van der Waals surface area contributed by atoms with E-state index < -0.39 is 17.5 Å². The number of aromatic nitrogens is 2. The van der Waals surface area contributed by atoms with E-state index in [0.29, 0.717) is 11.3 Å². The van der Waals surface area contributed by atoms with E-state index in [0.717, 1.165) is 12.1 Å². The van der Waals surface area contributed by atoms with Crippen LogP contribution in [0.3, 0.4) is 0 Å². The van der Waals surface area contributed by atoms with Crippen molar-refractivity contribution in [2.75, 3.05) is 0 Å². The molecule has 0 unspecified atom stereocenters. The molecule has 1 amide bonds. The topological polar surface area (TPSA) is 68.0 Å². The van der Waals surface area contributed by atoms with Gasteiger partial charge in [-0.1, -0.05) is 11.2 Å². The van der Waals surface area contributed by atoms with Gasteiger partial charge in [-0.25, -0.2) is 8.78 Å². The fraction of sp³-hybridized carbons (Fsp3) is 0.118. The fourth-order valence-corrected chi connectivity index (χ4v) is 2.26. The number of hydrogen-bond donors (Lipinski definition) is 1. The van der Waals surface area contributed by atoms with E-state index in [9.17, 15) is 13.6 Å². The minimum absolute atomic E-state index is 0.0813. The normalized spacial score (nSPS) is 10.6. The number of carbonyl (C=O) groups is 1. The first-order valence-electron chi connectivity index (χ1n) is 7.15. The van der Waals surface area contributed by atoms with Crippen LogP contribution >= 0.6 is 0 Å². The Morgan fingerprint density at radius 2 is 2.12 bits per heavy atom. The summed E-state index contributed by atoms with van der Waals surface area (Å²) in [5.74, 6) is -1.56. The van der Waals surface area contributed by atoms with E-state index in [2.05, 4.69) is 15.5 Å². The summed E-state index contributed by atoms with van der Waals surface area (Å²) >= 11 is 0. The molecule has 0 aliphatic heterocycles. The molecular formula is C17H13F2N3O2. The Balaban J connectivity index is 1.82. The highest BCUT2D eigenvalue weighted by Crippen LogP contribution is 2.25. The van der Waals surface area contributed by atoms with Crippen molar-refractivity contribution in [3.05, 3.63) is 71.2 Å². The van der Waals surface area contributed by atoms with E-state index in [1.54, 1.807) is 31.5 Å². The van der Waals surface area contributed by atoms with E-state index in [1.807, 2.05) is 0 Å². The summed E-state index contributed by atoms with van der Waals surface area (Å²) in [5, 5.41) is 6.40. The molecule has 0 radical (unpaired) electrons. The van der Waals surface area contributed by atoms with Crippen molar-refractivity contribution < 1.29 is 18.1 Å². The van der Waals surface area contributed by atoms with Gasteiger partial charge in [-0.15, -0.1) is 0 Å². The zero-order valence-corrected chi connectivity index (χ0v) is 12.7. The van der Waals surface area contributed by atoms with Gasteiger partial charge in [0.2, 0.25) is 0 Å². The predicted molar refractivity (Wildman–Crippen MR) is 82.0 cm³/mol. The third-order valence-electron chi connectivity index (χ3n) is 3.47. The largest absolute Gasteiger partial charge is 0.355 e. The second kappa shape index (κ2) is 6.57. The summed E-state index contributed by atoms with van der Waals surface area (Å²) in [4.78, 5) is 16.4. The summed E-state index contributed by atoms with van der Waals surface area (Å²) in [7, 11) is 0. The Labute approximate surface area is 136 Å². The molecule has 0 aliphatic rings. The fourth-order valence-electron chi connectivity index (χ4n) is 2.26. The predicted octanol–water partition coefficient (Wildman–Crippen LogP) is 3.25. The minimum Gasteiger partial charge on any atom is -0.355 e. The first-order valence-corrected chi connectivity index (χ1v) is 7.15. The Kier molecular flexibility index (Phi) is 4.33. The maximum atomic E-state index is 13.6. The standard InChI is InChI=1S/C17H13F2N3O2/c1-10-15(16(24-22-10)12-3-2-6-20-8-12)17(23)21-9-11-4-5-13(18)7-14(11)19/h2-8H,9H2,1H3,(H,21,23). The van der Waals surface area contributed by atoms with Gasteiger partial charge in [-0.05, 0) is 25.1 Å². The maximum Gasteiger partial charge on any atom is 0.257 e. The van der Waals surface area contributed by atoms with Crippen LogP contribution in [0.1, 0.15) is 21.6 Å². The lowest BCUT2D eigenvalue weighted by atomic mass is 10.1. The number of hydrogen-bond acceptors (Lipinski definition) is 4. The SMILES string of the molecule is Cc1noc(-c2cccnc2)c1C(=O)NCc1ccc(F)cc1F. The highest BCUT2D eigenvalue weighted by molar-refractivity contribution is 6.00. The summed E-state index contributed by atoms with van der Waals surface area (Å²) in [6.45, 7) is 1.55. The van der Waals surface area contributed by atoms with Gasteiger partial charge in [0.05, 0.1) is 5.69 Å². The van der Waals surface area contributed by atoms with E-state index in [1.165, 1.54) is 6.07 Å². The molecular weight excluding hydrogens is 316 g/mol. The molecule has 5 nitrogen and oxygen atoms in total. The highest BCUT2D eigenvalue weighted by atomic mass is 19.1. The first kappa shape index (κ1) is 15.8. The van der Waals surface area contributed by atoms with Crippen LogP contribution in [0.2, 0.25) is 0 Å². The molecule has 0 fully saturated rings. The molecule has 0 bridgehead atoms. The van der Waals surface area contributed by atoms with Gasteiger partial charge in [-0.3, -0.25) is 9.78 Å². The monoisotopic (exact) mass is 329 g/mol. The average molecular weight is 329 g/mol. The Morgan fingerprint density at radius 1 is 1.29 bits per heavy atom. The number of halogens is 2. The number of nitrogens with one attached hydrogen (secondary N) is 1. The van der Waals surface area contributed by atoms with Gasteiger partial charge >= 0.3 is 0 Å². The molecule has 3 aromatic rings. The molecule has 0 saturated carbocycles. The smallest absolute Gasteiger partial charge is 0.257 e. The van der Waals surface area contributed by atoms with Crippen LogP contribution < -0.4 is 5.32 Å². The summed E-state index contributed by atoms with van der Waals surface area (Å²) in [6.07, 6.45) is 3.15. The maximum absolute atomic E-state index is 13.6. The van der Waals surface area contributed by atoms with Crippen LogP contribution in [-0.4, -0.2) is 16.0 Å². The minimum atomic E-state index is -0.718. The molecule has 122 valence electrons. The van der Waals surface area contributed by atoms with Crippen molar-refractivity contribution in [2.24, 2.45) is 0 Å². The number of nitrogens with zero attached hydrogens (tertiary/aromatic N) is 2. The van der Waals surface area contributed by atoms with Crippen LogP contribution in [0.25, 0.3) is 11.3 Å². The van der Waals surface area contributed by atoms with Gasteiger partial charge in [-0.2, -0.15) is 0 Å². The van der Waals surface area contributed by atoms with Crippen LogP contribution in [0.4, 0.5) is 8.78 Å². The van der Waals surface area contributed by atoms with E-state index >= 15 is 0 Å². The van der Waals surface area contributed by atoms with Gasteiger partial charge in [0.25, 0.3) is 5.91 Å². The highest BCUT2D eigenvalue weighted by Gasteiger charge is 2.22. The molecule has 1 N–H and O–H groups in total. The zero-order valence-electron chi connectivity index (χ0n) is 12.7. The van der Waals surface area contributed by atoms with Gasteiger partial charge in [0.15, 0.2) is 5.76 Å². The number of benzene rings is 1. The molecule has 7 heteroatoms. The second-order valence-electron chi connectivity index (χ2n) is 5.13. The quantitative estimate of drug-likeness (QED) is 0.798. The van der Waals surface area contributed by atoms with Gasteiger partial charge in [0.1, 0.15) is 17.2 Å². The Morgan fingerprint density at radius 3 is 2.83 bits per heavy atom. The van der Waals surface area contributed by atoms with Crippen LogP contribution in [0, 0.1) is 18.6 Å². The van der Waals surface area contributed by atoms with E-state index in [-0.39, 0.29) is 23.4 Å². The number of amides is 1. The Hall–Kier alpha value is -3.09. The van der Waals surface area contributed by atoms with E-state index in [4.69, 9.17) is 4.52 Å². The number of rotatable bonds is 4. The summed E-state index contributed by atoms with van der Waals surface area (Å²) in [6, 6.07) is 6.64. The second-order valence-corrected chi connectivity index (χ2v) is 5.13. The number of pyridine rings is 1. The molecule has 0 saturated heterocycles. The van der Waals surface area contributed by atoms with Crippen molar-refractivity contribution >= 4 is 5.91 Å². The molecule has 1 aromatic carbocycles. The van der Waals surface area contributed by atoms with Crippen molar-refractivity contribution in [1.29, 1.82) is 0 Å². The first-order chi connectivity index (χ1) is 11.6. The Bertz CT molecular complexity index is 879. The van der Waals surface area contributed by atoms with Crippen molar-refractivity contribution in [3.8, 4) is 11.3 Å². The molecule has 3 rings (SSSR count). The van der Waals surface area contributed by atoms with Crippen LogP contribution in [-0.2, 0) is 6.54 Å². The van der Waals surface area contributed by atoms with Crippen molar-refractivity contribution in [3.63, 3.8) is 0 Å².